The lowest BCUT2D eigenvalue weighted by Gasteiger charge is -2.29. The van der Waals surface area contributed by atoms with Crippen molar-refractivity contribution < 1.29 is 18.7 Å². The van der Waals surface area contributed by atoms with Crippen LogP contribution in [0.1, 0.15) is 39.2 Å². The number of ether oxygens (including phenoxy) is 1. The van der Waals surface area contributed by atoms with Crippen molar-refractivity contribution in [1.82, 2.24) is 10.2 Å². The lowest BCUT2D eigenvalue weighted by Crippen LogP contribution is -2.48. The molecule has 0 spiro atoms. The number of rotatable bonds is 11. The Hall–Kier alpha value is -2.89. The first-order valence-electron chi connectivity index (χ1n) is 10.4. The fraction of sp³-hybridized carbons (Fsp3) is 0.417. The van der Waals surface area contributed by atoms with Gasteiger partial charge in [0.2, 0.25) is 11.8 Å². The smallest absolute Gasteiger partial charge is 0.242 e. The Bertz CT molecular complexity index is 794. The molecule has 0 aliphatic carbocycles. The predicted molar refractivity (Wildman–Crippen MR) is 115 cm³/mol. The fourth-order valence-electron chi connectivity index (χ4n) is 2.90. The summed E-state index contributed by atoms with van der Waals surface area (Å²) in [6.45, 7) is 6.95. The van der Waals surface area contributed by atoms with E-state index in [-0.39, 0.29) is 30.6 Å². The van der Waals surface area contributed by atoms with Crippen LogP contribution >= 0.6 is 0 Å². The molecule has 30 heavy (non-hydrogen) atoms. The minimum Gasteiger partial charge on any atom is -0.494 e. The zero-order chi connectivity index (χ0) is 21.9. The lowest BCUT2D eigenvalue weighted by molar-refractivity contribution is -0.140. The van der Waals surface area contributed by atoms with Crippen molar-refractivity contribution in [2.75, 3.05) is 13.2 Å². The molecule has 0 aliphatic heterocycles. The van der Waals surface area contributed by atoms with Crippen LogP contribution in [0.25, 0.3) is 0 Å². The van der Waals surface area contributed by atoms with Crippen LogP contribution in [0.2, 0.25) is 0 Å². The van der Waals surface area contributed by atoms with E-state index >= 15 is 0 Å². The number of amides is 2. The van der Waals surface area contributed by atoms with Gasteiger partial charge >= 0.3 is 0 Å². The van der Waals surface area contributed by atoms with Gasteiger partial charge in [0.05, 0.1) is 6.61 Å². The number of benzene rings is 2. The fourth-order valence-corrected chi connectivity index (χ4v) is 2.90. The molecule has 0 saturated heterocycles. The highest BCUT2D eigenvalue weighted by molar-refractivity contribution is 5.87. The van der Waals surface area contributed by atoms with Gasteiger partial charge < -0.3 is 15.0 Å². The van der Waals surface area contributed by atoms with Crippen molar-refractivity contribution in [2.24, 2.45) is 5.92 Å². The minimum absolute atomic E-state index is 0.136. The monoisotopic (exact) mass is 414 g/mol. The van der Waals surface area contributed by atoms with Crippen molar-refractivity contribution >= 4 is 11.8 Å². The molecule has 0 aliphatic rings. The zero-order valence-electron chi connectivity index (χ0n) is 17.9. The van der Waals surface area contributed by atoms with Gasteiger partial charge in [-0.15, -0.1) is 0 Å². The number of hydrogen-bond donors (Lipinski definition) is 1. The van der Waals surface area contributed by atoms with Crippen molar-refractivity contribution in [3.63, 3.8) is 0 Å². The molecule has 0 bridgehead atoms. The van der Waals surface area contributed by atoms with Gasteiger partial charge in [0.15, 0.2) is 0 Å². The normalized spacial score (nSPS) is 11.8. The van der Waals surface area contributed by atoms with E-state index in [1.807, 2.05) is 44.2 Å². The van der Waals surface area contributed by atoms with Crippen LogP contribution < -0.4 is 10.1 Å². The maximum Gasteiger partial charge on any atom is 0.242 e. The number of carbonyl (C=O) groups excluding carboxylic acids is 2. The SMILES string of the molecule is CC(C)CNC(=O)[C@H](C)N(Cc1ccc(F)cc1)C(=O)CCCOc1ccccc1. The molecule has 162 valence electrons. The molecule has 0 aromatic heterocycles. The Morgan fingerprint density at radius 1 is 1.03 bits per heavy atom. The molecule has 1 N–H and O–H groups in total. The summed E-state index contributed by atoms with van der Waals surface area (Å²) in [5.41, 5.74) is 0.772. The first-order valence-corrected chi connectivity index (χ1v) is 10.4. The third-order valence-electron chi connectivity index (χ3n) is 4.66. The molecule has 0 unspecified atom stereocenters. The van der Waals surface area contributed by atoms with E-state index in [0.717, 1.165) is 11.3 Å². The van der Waals surface area contributed by atoms with Gasteiger partial charge in [-0.3, -0.25) is 9.59 Å². The van der Waals surface area contributed by atoms with Crippen LogP contribution in [0.5, 0.6) is 5.75 Å². The van der Waals surface area contributed by atoms with Crippen LogP contribution in [-0.4, -0.2) is 35.9 Å². The van der Waals surface area contributed by atoms with Crippen LogP contribution in [-0.2, 0) is 16.1 Å². The highest BCUT2D eigenvalue weighted by Crippen LogP contribution is 2.14. The first-order chi connectivity index (χ1) is 14.4. The van der Waals surface area contributed by atoms with Gasteiger partial charge in [-0.2, -0.15) is 0 Å². The molecule has 5 nitrogen and oxygen atoms in total. The molecule has 2 amide bonds. The molecular weight excluding hydrogens is 383 g/mol. The number of nitrogens with zero attached hydrogens (tertiary/aromatic N) is 1. The largest absolute Gasteiger partial charge is 0.494 e. The zero-order valence-corrected chi connectivity index (χ0v) is 17.9. The van der Waals surface area contributed by atoms with E-state index < -0.39 is 6.04 Å². The number of nitrogens with one attached hydrogen (secondary N) is 1. The maximum atomic E-state index is 13.2. The second-order valence-corrected chi connectivity index (χ2v) is 7.73. The minimum atomic E-state index is -0.628. The molecular formula is C24H31FN2O3. The van der Waals surface area contributed by atoms with Crippen molar-refractivity contribution in [2.45, 2.75) is 46.2 Å². The summed E-state index contributed by atoms with van der Waals surface area (Å²) in [6.07, 6.45) is 0.795. The quantitative estimate of drug-likeness (QED) is 0.562. The highest BCUT2D eigenvalue weighted by atomic mass is 19.1. The molecule has 0 saturated carbocycles. The standard InChI is InChI=1S/C24H31FN2O3/c1-18(2)16-26-24(29)19(3)27(17-20-11-13-21(25)14-12-20)23(28)10-7-15-30-22-8-5-4-6-9-22/h4-6,8-9,11-14,18-19H,7,10,15-17H2,1-3H3,(H,26,29)/t19-/m0/s1. The Morgan fingerprint density at radius 3 is 2.33 bits per heavy atom. The van der Waals surface area contributed by atoms with E-state index in [0.29, 0.717) is 25.5 Å². The predicted octanol–water partition coefficient (Wildman–Crippen LogP) is 4.17. The van der Waals surface area contributed by atoms with Gasteiger partial charge in [-0.25, -0.2) is 4.39 Å². The van der Waals surface area contributed by atoms with Crippen LogP contribution in [0.3, 0.4) is 0 Å². The molecule has 2 aromatic rings. The number of para-hydroxylation sites is 1. The molecule has 2 rings (SSSR count). The van der Waals surface area contributed by atoms with Crippen molar-refractivity contribution in [1.29, 1.82) is 0 Å². The summed E-state index contributed by atoms with van der Waals surface area (Å²) in [7, 11) is 0. The average molecular weight is 415 g/mol. The Morgan fingerprint density at radius 2 is 1.70 bits per heavy atom. The third kappa shape index (κ3) is 7.85. The van der Waals surface area contributed by atoms with E-state index in [2.05, 4.69) is 5.32 Å². The lowest BCUT2D eigenvalue weighted by atomic mass is 10.1. The Labute approximate surface area is 178 Å². The summed E-state index contributed by atoms with van der Waals surface area (Å²) in [5, 5.41) is 2.88. The Kier molecular flexibility index (Phi) is 9.32. The molecule has 1 atom stereocenters. The first kappa shape index (κ1) is 23.4. The van der Waals surface area contributed by atoms with Gasteiger partial charge in [0.1, 0.15) is 17.6 Å². The maximum absolute atomic E-state index is 13.2. The topological polar surface area (TPSA) is 58.6 Å². The summed E-state index contributed by atoms with van der Waals surface area (Å²) < 4.78 is 18.9. The van der Waals surface area contributed by atoms with Crippen LogP contribution in [0.4, 0.5) is 4.39 Å². The summed E-state index contributed by atoms with van der Waals surface area (Å²) >= 11 is 0. The highest BCUT2D eigenvalue weighted by Gasteiger charge is 2.25. The molecule has 0 fully saturated rings. The summed E-state index contributed by atoms with van der Waals surface area (Å²) in [5.74, 6) is 0.410. The van der Waals surface area contributed by atoms with E-state index in [4.69, 9.17) is 4.74 Å². The number of carbonyl (C=O) groups is 2. The van der Waals surface area contributed by atoms with Gasteiger partial charge in [0.25, 0.3) is 0 Å². The molecule has 0 radical (unpaired) electrons. The third-order valence-corrected chi connectivity index (χ3v) is 4.66. The Balaban J connectivity index is 1.98. The summed E-state index contributed by atoms with van der Waals surface area (Å²) in [4.78, 5) is 27.0. The van der Waals surface area contributed by atoms with Gasteiger partial charge in [-0.1, -0.05) is 44.2 Å². The second-order valence-electron chi connectivity index (χ2n) is 7.73. The van der Waals surface area contributed by atoms with E-state index in [1.54, 1.807) is 24.0 Å². The van der Waals surface area contributed by atoms with Crippen LogP contribution in [0, 0.1) is 11.7 Å². The molecule has 2 aromatic carbocycles. The van der Waals surface area contributed by atoms with Gasteiger partial charge in [-0.05, 0) is 49.1 Å². The average Bonchev–Trinajstić information content (AvgIpc) is 2.74. The molecule has 0 heterocycles. The van der Waals surface area contributed by atoms with E-state index in [9.17, 15) is 14.0 Å². The van der Waals surface area contributed by atoms with Crippen molar-refractivity contribution in [3.8, 4) is 5.75 Å². The number of halogens is 1. The van der Waals surface area contributed by atoms with Gasteiger partial charge in [0, 0.05) is 19.5 Å². The van der Waals surface area contributed by atoms with E-state index in [1.165, 1.54) is 12.1 Å². The number of hydrogen-bond acceptors (Lipinski definition) is 3. The summed E-state index contributed by atoms with van der Waals surface area (Å²) in [6, 6.07) is 14.8. The van der Waals surface area contributed by atoms with Crippen LogP contribution in [0.15, 0.2) is 54.6 Å². The van der Waals surface area contributed by atoms with Crippen molar-refractivity contribution in [3.05, 3.63) is 66.0 Å². The molecule has 6 heteroatoms. The second kappa shape index (κ2) is 12.0.